The molecule has 0 fully saturated rings. The Bertz CT molecular complexity index is 1470. The SMILES string of the molecule is COc1ccccc1NC(=O)C1=C(C)NC(SCC(=O)Nc2cc(C)ccc2C)=C(C#N)C1c1ccco1. The minimum absolute atomic E-state index is 0.0712. The Kier molecular flexibility index (Phi) is 8.24. The molecule has 194 valence electrons. The van der Waals surface area contributed by atoms with E-state index in [9.17, 15) is 14.9 Å². The Morgan fingerprint density at radius 2 is 1.87 bits per heavy atom. The molecule has 0 aliphatic carbocycles. The number of nitrogens with one attached hydrogen (secondary N) is 3. The zero-order valence-electron chi connectivity index (χ0n) is 21.5. The van der Waals surface area contributed by atoms with Crippen molar-refractivity contribution in [3.8, 4) is 11.8 Å². The van der Waals surface area contributed by atoms with E-state index < -0.39 is 11.8 Å². The van der Waals surface area contributed by atoms with Crippen molar-refractivity contribution in [1.82, 2.24) is 5.32 Å². The van der Waals surface area contributed by atoms with Crippen LogP contribution in [0.15, 0.2) is 87.1 Å². The van der Waals surface area contributed by atoms with Crippen LogP contribution in [0.2, 0.25) is 0 Å². The number of dihydropyridines is 1. The molecule has 8 nitrogen and oxygen atoms in total. The van der Waals surface area contributed by atoms with Crippen molar-refractivity contribution in [3.05, 3.63) is 99.6 Å². The van der Waals surface area contributed by atoms with Crippen LogP contribution in [-0.4, -0.2) is 24.7 Å². The van der Waals surface area contributed by atoms with Gasteiger partial charge in [-0.05, 0) is 62.2 Å². The number of carbonyl (C=O) groups excluding carboxylic acids is 2. The smallest absolute Gasteiger partial charge is 0.254 e. The van der Waals surface area contributed by atoms with E-state index in [1.54, 1.807) is 37.3 Å². The summed E-state index contributed by atoms with van der Waals surface area (Å²) in [4.78, 5) is 26.3. The largest absolute Gasteiger partial charge is 0.495 e. The van der Waals surface area contributed by atoms with Gasteiger partial charge in [0.15, 0.2) is 0 Å². The third-order valence-corrected chi connectivity index (χ3v) is 7.11. The fourth-order valence-electron chi connectivity index (χ4n) is 4.20. The number of aryl methyl sites for hydroxylation is 2. The van der Waals surface area contributed by atoms with Crippen molar-refractivity contribution < 1.29 is 18.7 Å². The summed E-state index contributed by atoms with van der Waals surface area (Å²) in [6.07, 6.45) is 1.50. The lowest BCUT2D eigenvalue weighted by Gasteiger charge is -2.28. The Labute approximate surface area is 225 Å². The molecule has 0 radical (unpaired) electrons. The van der Waals surface area contributed by atoms with Gasteiger partial charge in [-0.25, -0.2) is 0 Å². The summed E-state index contributed by atoms with van der Waals surface area (Å²) in [5, 5.41) is 19.7. The van der Waals surface area contributed by atoms with E-state index in [2.05, 4.69) is 22.0 Å². The number of amides is 2. The highest BCUT2D eigenvalue weighted by molar-refractivity contribution is 8.03. The highest BCUT2D eigenvalue weighted by atomic mass is 32.2. The number of hydrogen-bond donors (Lipinski definition) is 3. The second-order valence-electron chi connectivity index (χ2n) is 8.78. The van der Waals surface area contributed by atoms with E-state index in [-0.39, 0.29) is 11.7 Å². The van der Waals surface area contributed by atoms with Gasteiger partial charge >= 0.3 is 0 Å². The summed E-state index contributed by atoms with van der Waals surface area (Å²) < 4.78 is 11.0. The predicted molar refractivity (Wildman–Crippen MR) is 149 cm³/mol. The number of benzene rings is 2. The highest BCUT2D eigenvalue weighted by Crippen LogP contribution is 2.41. The summed E-state index contributed by atoms with van der Waals surface area (Å²) in [7, 11) is 1.53. The number of ether oxygens (including phenoxy) is 1. The molecule has 9 heteroatoms. The first-order chi connectivity index (χ1) is 18.3. The maximum absolute atomic E-state index is 13.5. The standard InChI is InChI=1S/C29H28N4O4S/c1-17-11-12-18(2)22(14-17)32-25(34)16-38-29-20(15-30)27(24-10-7-13-37-24)26(19(3)31-29)28(35)33-21-8-5-6-9-23(21)36-4/h5-14,27,31H,16H2,1-4H3,(H,32,34)(H,33,35). The molecule has 0 bridgehead atoms. The molecule has 2 aromatic carbocycles. The molecule has 3 aromatic rings. The molecule has 38 heavy (non-hydrogen) atoms. The van der Waals surface area contributed by atoms with Crippen molar-refractivity contribution in [2.75, 3.05) is 23.5 Å². The number of nitriles is 1. The second-order valence-corrected chi connectivity index (χ2v) is 9.76. The quantitative estimate of drug-likeness (QED) is 0.348. The summed E-state index contributed by atoms with van der Waals surface area (Å²) in [5.74, 6) is -0.320. The molecule has 2 amide bonds. The molecule has 1 aliphatic heterocycles. The average Bonchev–Trinajstić information content (AvgIpc) is 3.44. The van der Waals surface area contributed by atoms with Crippen LogP contribution in [0.3, 0.4) is 0 Å². The van der Waals surface area contributed by atoms with Gasteiger partial charge in [-0.3, -0.25) is 9.59 Å². The van der Waals surface area contributed by atoms with Crippen LogP contribution in [0.5, 0.6) is 5.75 Å². The minimum Gasteiger partial charge on any atom is -0.495 e. The van der Waals surface area contributed by atoms with Crippen LogP contribution < -0.4 is 20.7 Å². The third kappa shape index (κ3) is 5.76. The van der Waals surface area contributed by atoms with Gasteiger partial charge in [-0.2, -0.15) is 5.26 Å². The van der Waals surface area contributed by atoms with E-state index in [1.807, 2.05) is 38.1 Å². The lowest BCUT2D eigenvalue weighted by Crippen LogP contribution is -2.31. The lowest BCUT2D eigenvalue weighted by atomic mass is 9.85. The number of rotatable bonds is 8. The van der Waals surface area contributed by atoms with E-state index >= 15 is 0 Å². The molecule has 0 saturated carbocycles. The fraction of sp³-hybridized carbons (Fsp3) is 0.207. The number of allylic oxidation sites excluding steroid dienone is 2. The van der Waals surface area contributed by atoms with E-state index in [0.29, 0.717) is 39.1 Å². The molecule has 0 spiro atoms. The molecule has 1 aliphatic rings. The topological polar surface area (TPSA) is 116 Å². The number of hydrogen-bond acceptors (Lipinski definition) is 7. The molecule has 1 aromatic heterocycles. The number of anilines is 2. The van der Waals surface area contributed by atoms with Crippen molar-refractivity contribution in [2.24, 2.45) is 0 Å². The first-order valence-electron chi connectivity index (χ1n) is 11.9. The number of thioether (sulfide) groups is 1. The molecule has 0 saturated heterocycles. The summed E-state index contributed by atoms with van der Waals surface area (Å²) in [6, 6.07) is 18.6. The van der Waals surface area contributed by atoms with Gasteiger partial charge in [0.1, 0.15) is 11.5 Å². The summed E-state index contributed by atoms with van der Waals surface area (Å²) in [5.41, 5.74) is 4.44. The lowest BCUT2D eigenvalue weighted by molar-refractivity contribution is -0.114. The Balaban J connectivity index is 1.60. The van der Waals surface area contributed by atoms with Crippen LogP contribution in [-0.2, 0) is 9.59 Å². The number of furan rings is 1. The molecule has 1 atom stereocenters. The zero-order valence-corrected chi connectivity index (χ0v) is 22.4. The number of para-hydroxylation sites is 2. The van der Waals surface area contributed by atoms with Gasteiger partial charge in [-0.1, -0.05) is 36.0 Å². The normalized spacial score (nSPS) is 15.0. The van der Waals surface area contributed by atoms with Crippen molar-refractivity contribution >= 4 is 35.0 Å². The molecular formula is C29H28N4O4S. The van der Waals surface area contributed by atoms with Crippen LogP contribution in [0, 0.1) is 25.2 Å². The number of nitrogens with zero attached hydrogens (tertiary/aromatic N) is 1. The first kappa shape index (κ1) is 26.6. The number of carbonyl (C=O) groups is 2. The maximum Gasteiger partial charge on any atom is 0.254 e. The monoisotopic (exact) mass is 528 g/mol. The van der Waals surface area contributed by atoms with Crippen molar-refractivity contribution in [2.45, 2.75) is 26.7 Å². The van der Waals surface area contributed by atoms with E-state index in [1.165, 1.54) is 25.1 Å². The van der Waals surface area contributed by atoms with Gasteiger partial charge in [-0.15, -0.1) is 0 Å². The fourth-order valence-corrected chi connectivity index (χ4v) is 5.09. The third-order valence-electron chi connectivity index (χ3n) is 6.09. The minimum atomic E-state index is -0.754. The van der Waals surface area contributed by atoms with Gasteiger partial charge in [0.05, 0.1) is 53.0 Å². The van der Waals surface area contributed by atoms with Crippen LogP contribution in [0.25, 0.3) is 0 Å². The number of methoxy groups -OCH3 is 1. The van der Waals surface area contributed by atoms with E-state index in [0.717, 1.165) is 16.8 Å². The Hall–Kier alpha value is -4.42. The highest BCUT2D eigenvalue weighted by Gasteiger charge is 2.36. The Morgan fingerprint density at radius 3 is 2.58 bits per heavy atom. The van der Waals surface area contributed by atoms with Crippen LogP contribution in [0.4, 0.5) is 11.4 Å². The average molecular weight is 529 g/mol. The first-order valence-corrected chi connectivity index (χ1v) is 12.9. The maximum atomic E-state index is 13.5. The van der Waals surface area contributed by atoms with Gasteiger partial charge in [0.25, 0.3) is 5.91 Å². The summed E-state index contributed by atoms with van der Waals surface area (Å²) >= 11 is 1.20. The molecule has 3 N–H and O–H groups in total. The van der Waals surface area contributed by atoms with Crippen molar-refractivity contribution in [3.63, 3.8) is 0 Å². The van der Waals surface area contributed by atoms with Gasteiger partial charge in [0.2, 0.25) is 5.91 Å². The van der Waals surface area contributed by atoms with E-state index in [4.69, 9.17) is 9.15 Å². The predicted octanol–water partition coefficient (Wildman–Crippen LogP) is 5.61. The van der Waals surface area contributed by atoms with Crippen LogP contribution >= 0.6 is 11.8 Å². The second kappa shape index (κ2) is 11.8. The summed E-state index contributed by atoms with van der Waals surface area (Å²) in [6.45, 7) is 5.66. The van der Waals surface area contributed by atoms with Gasteiger partial charge < -0.3 is 25.1 Å². The Morgan fingerprint density at radius 1 is 1.08 bits per heavy atom. The van der Waals surface area contributed by atoms with Crippen LogP contribution in [0.1, 0.15) is 29.7 Å². The van der Waals surface area contributed by atoms with Gasteiger partial charge in [0, 0.05) is 11.4 Å². The molecule has 2 heterocycles. The molecule has 4 rings (SSSR count). The molecular weight excluding hydrogens is 500 g/mol. The molecule has 1 unspecified atom stereocenters. The zero-order chi connectivity index (χ0) is 27.2. The van der Waals surface area contributed by atoms with Crippen molar-refractivity contribution in [1.29, 1.82) is 5.26 Å².